The van der Waals surface area contributed by atoms with Crippen molar-refractivity contribution in [3.63, 3.8) is 0 Å². The van der Waals surface area contributed by atoms with Crippen LogP contribution in [-0.4, -0.2) is 53.3 Å². The molecule has 180 valence electrons. The topological polar surface area (TPSA) is 105 Å². The van der Waals surface area contributed by atoms with E-state index in [0.717, 1.165) is 17.4 Å². The third-order valence-corrected chi connectivity index (χ3v) is 6.24. The van der Waals surface area contributed by atoms with Crippen LogP contribution in [-0.2, 0) is 19.6 Å². The zero-order valence-corrected chi connectivity index (χ0v) is 20.5. The Morgan fingerprint density at radius 3 is 2.48 bits per heavy atom. The number of carbonyl (C=O) groups is 2. The summed E-state index contributed by atoms with van der Waals surface area (Å²) < 4.78 is 31.1. The second kappa shape index (κ2) is 12.4. The van der Waals surface area contributed by atoms with E-state index in [4.69, 9.17) is 4.74 Å². The highest BCUT2D eigenvalue weighted by Crippen LogP contribution is 2.24. The molecule has 0 radical (unpaired) electrons. The zero-order chi connectivity index (χ0) is 24.4. The number of hydrogen-bond donors (Lipinski definition) is 2. The number of hydrogen-bond acceptors (Lipinski definition) is 5. The normalized spacial score (nSPS) is 11.2. The number of aryl methyl sites for hydroxylation is 2. The summed E-state index contributed by atoms with van der Waals surface area (Å²) in [5, 5.41) is 5.58. The van der Waals surface area contributed by atoms with E-state index in [0.29, 0.717) is 42.9 Å². The van der Waals surface area contributed by atoms with E-state index in [1.165, 1.54) is 4.31 Å². The van der Waals surface area contributed by atoms with Gasteiger partial charge in [0.05, 0.1) is 23.2 Å². The average molecular weight is 476 g/mol. The Bertz CT molecular complexity index is 1070. The molecule has 0 bridgehead atoms. The van der Waals surface area contributed by atoms with E-state index >= 15 is 0 Å². The summed E-state index contributed by atoms with van der Waals surface area (Å²) in [4.78, 5) is 25.0. The van der Waals surface area contributed by atoms with Gasteiger partial charge in [-0.15, -0.1) is 0 Å². The van der Waals surface area contributed by atoms with E-state index in [9.17, 15) is 18.0 Å². The molecule has 0 aliphatic rings. The molecular formula is C24H33N3O5S. The van der Waals surface area contributed by atoms with Crippen LogP contribution in [0.15, 0.2) is 42.5 Å². The first-order valence-electron chi connectivity index (χ1n) is 10.8. The summed E-state index contributed by atoms with van der Waals surface area (Å²) in [5.41, 5.74) is 3.21. The van der Waals surface area contributed by atoms with Gasteiger partial charge in [-0.1, -0.05) is 24.3 Å². The molecular weight excluding hydrogens is 442 g/mol. The lowest BCUT2D eigenvalue weighted by molar-refractivity contribution is -0.116. The van der Waals surface area contributed by atoms with Crippen molar-refractivity contribution in [1.29, 1.82) is 0 Å². The minimum Gasteiger partial charge on any atom is -0.385 e. The SMILES string of the molecule is COCCCNC(=O)c1ccccc1NC(=O)CCCN(c1cc(C)ccc1C)S(C)(=O)=O. The predicted molar refractivity (Wildman–Crippen MR) is 131 cm³/mol. The Hall–Kier alpha value is -2.91. The molecule has 2 rings (SSSR count). The number of nitrogens with one attached hydrogen (secondary N) is 2. The number of sulfonamides is 1. The van der Waals surface area contributed by atoms with Gasteiger partial charge in [0.1, 0.15) is 0 Å². The molecule has 8 nitrogen and oxygen atoms in total. The minimum absolute atomic E-state index is 0.112. The number of ether oxygens (including phenoxy) is 1. The first kappa shape index (κ1) is 26.3. The van der Waals surface area contributed by atoms with Crippen LogP contribution >= 0.6 is 0 Å². The van der Waals surface area contributed by atoms with Crippen molar-refractivity contribution in [1.82, 2.24) is 5.32 Å². The number of para-hydroxylation sites is 1. The lowest BCUT2D eigenvalue weighted by Crippen LogP contribution is -2.32. The zero-order valence-electron chi connectivity index (χ0n) is 19.7. The van der Waals surface area contributed by atoms with Crippen LogP contribution in [0.5, 0.6) is 0 Å². The van der Waals surface area contributed by atoms with Crippen molar-refractivity contribution in [2.45, 2.75) is 33.1 Å². The highest BCUT2D eigenvalue weighted by molar-refractivity contribution is 7.92. The van der Waals surface area contributed by atoms with Gasteiger partial charge in [-0.2, -0.15) is 0 Å². The third kappa shape index (κ3) is 8.18. The fraction of sp³-hybridized carbons (Fsp3) is 0.417. The summed E-state index contributed by atoms with van der Waals surface area (Å²) in [6.07, 6.45) is 2.29. The second-order valence-corrected chi connectivity index (χ2v) is 9.83. The molecule has 9 heteroatoms. The van der Waals surface area contributed by atoms with Crippen LogP contribution in [0.2, 0.25) is 0 Å². The first-order chi connectivity index (χ1) is 15.6. The number of anilines is 2. The summed E-state index contributed by atoms with van der Waals surface area (Å²) in [6, 6.07) is 12.4. The summed E-state index contributed by atoms with van der Waals surface area (Å²) in [7, 11) is -1.90. The van der Waals surface area contributed by atoms with Gasteiger partial charge in [0, 0.05) is 33.2 Å². The molecule has 2 aromatic carbocycles. The van der Waals surface area contributed by atoms with Gasteiger partial charge < -0.3 is 15.4 Å². The largest absolute Gasteiger partial charge is 0.385 e. The van der Waals surface area contributed by atoms with Crippen LogP contribution < -0.4 is 14.9 Å². The van der Waals surface area contributed by atoms with Crippen LogP contribution in [0.4, 0.5) is 11.4 Å². The molecule has 0 saturated carbocycles. The molecule has 2 N–H and O–H groups in total. The highest BCUT2D eigenvalue weighted by Gasteiger charge is 2.20. The minimum atomic E-state index is -3.51. The lowest BCUT2D eigenvalue weighted by Gasteiger charge is -2.24. The van der Waals surface area contributed by atoms with Crippen LogP contribution in [0.25, 0.3) is 0 Å². The second-order valence-electron chi connectivity index (χ2n) is 7.92. The monoisotopic (exact) mass is 475 g/mol. The maximum atomic E-state index is 12.5. The Morgan fingerprint density at radius 1 is 1.06 bits per heavy atom. The van der Waals surface area contributed by atoms with Gasteiger partial charge >= 0.3 is 0 Å². The van der Waals surface area contributed by atoms with E-state index < -0.39 is 10.0 Å². The van der Waals surface area contributed by atoms with Gasteiger partial charge in [0.25, 0.3) is 5.91 Å². The van der Waals surface area contributed by atoms with E-state index in [-0.39, 0.29) is 24.8 Å². The molecule has 0 heterocycles. The summed E-state index contributed by atoms with van der Waals surface area (Å²) in [5.74, 6) is -0.566. The van der Waals surface area contributed by atoms with Crippen molar-refractivity contribution < 1.29 is 22.7 Å². The van der Waals surface area contributed by atoms with Crippen molar-refractivity contribution in [2.75, 3.05) is 42.7 Å². The molecule has 0 aliphatic carbocycles. The quantitative estimate of drug-likeness (QED) is 0.459. The average Bonchev–Trinajstić information content (AvgIpc) is 2.75. The number of carbonyl (C=O) groups excluding carboxylic acids is 2. The molecule has 0 aliphatic heterocycles. The van der Waals surface area contributed by atoms with Crippen molar-refractivity contribution in [3.8, 4) is 0 Å². The van der Waals surface area contributed by atoms with Gasteiger partial charge in [-0.3, -0.25) is 13.9 Å². The van der Waals surface area contributed by atoms with Crippen LogP contribution in [0.1, 0.15) is 40.7 Å². The van der Waals surface area contributed by atoms with E-state index in [1.807, 2.05) is 32.0 Å². The fourth-order valence-corrected chi connectivity index (χ4v) is 4.37. The molecule has 2 amide bonds. The Morgan fingerprint density at radius 2 is 1.79 bits per heavy atom. The van der Waals surface area contributed by atoms with Crippen molar-refractivity contribution in [3.05, 3.63) is 59.2 Å². The van der Waals surface area contributed by atoms with Gasteiger partial charge in [-0.25, -0.2) is 8.42 Å². The molecule has 2 aromatic rings. The number of amides is 2. The van der Waals surface area contributed by atoms with Crippen LogP contribution in [0.3, 0.4) is 0 Å². The molecule has 0 unspecified atom stereocenters. The smallest absolute Gasteiger partial charge is 0.253 e. The van der Waals surface area contributed by atoms with Crippen molar-refractivity contribution in [2.24, 2.45) is 0 Å². The number of benzene rings is 2. The molecule has 0 fully saturated rings. The van der Waals surface area contributed by atoms with Gasteiger partial charge in [-0.05, 0) is 56.0 Å². The summed E-state index contributed by atoms with van der Waals surface area (Å²) >= 11 is 0. The molecule has 0 spiro atoms. The van der Waals surface area contributed by atoms with Gasteiger partial charge in [0.2, 0.25) is 15.9 Å². The Kier molecular flexibility index (Phi) is 9.87. The first-order valence-corrected chi connectivity index (χ1v) is 12.7. The van der Waals surface area contributed by atoms with Crippen molar-refractivity contribution >= 4 is 33.2 Å². The van der Waals surface area contributed by atoms with E-state index in [2.05, 4.69) is 10.6 Å². The molecule has 33 heavy (non-hydrogen) atoms. The lowest BCUT2D eigenvalue weighted by atomic mass is 10.1. The van der Waals surface area contributed by atoms with Crippen LogP contribution in [0, 0.1) is 13.8 Å². The van der Waals surface area contributed by atoms with E-state index in [1.54, 1.807) is 31.4 Å². The Labute approximate surface area is 196 Å². The maximum Gasteiger partial charge on any atom is 0.253 e. The highest BCUT2D eigenvalue weighted by atomic mass is 32.2. The number of rotatable bonds is 12. The summed E-state index contributed by atoms with van der Waals surface area (Å²) in [6.45, 7) is 4.96. The Balaban J connectivity index is 2.00. The van der Waals surface area contributed by atoms with Gasteiger partial charge in [0.15, 0.2) is 0 Å². The molecule has 0 saturated heterocycles. The maximum absolute atomic E-state index is 12.5. The number of nitrogens with zero attached hydrogens (tertiary/aromatic N) is 1. The molecule has 0 atom stereocenters. The standard InChI is InChI=1S/C24H33N3O5S/c1-18-12-13-19(2)22(17-18)27(33(4,30)31)15-7-11-23(28)26-21-10-6-5-9-20(21)24(29)25-14-8-16-32-3/h5-6,9-10,12-13,17H,7-8,11,14-16H2,1-4H3,(H,25,29)(H,26,28). The fourth-order valence-electron chi connectivity index (χ4n) is 3.35. The predicted octanol–water partition coefficient (Wildman–Crippen LogP) is 3.25. The number of methoxy groups -OCH3 is 1. The molecule has 0 aromatic heterocycles. The third-order valence-electron chi connectivity index (χ3n) is 5.06.